The monoisotopic (exact) mass is 562 g/mol. The molecule has 0 spiro atoms. The summed E-state index contributed by atoms with van der Waals surface area (Å²) in [5.74, 6) is -0.468. The minimum Gasteiger partial charge on any atom is -0.493 e. The van der Waals surface area contributed by atoms with E-state index in [2.05, 4.69) is 25.7 Å². The van der Waals surface area contributed by atoms with Crippen LogP contribution in [-0.2, 0) is 19.1 Å². The van der Waals surface area contributed by atoms with Gasteiger partial charge in [-0.1, -0.05) is 6.07 Å². The van der Waals surface area contributed by atoms with Gasteiger partial charge in [-0.3, -0.25) is 9.69 Å². The topological polar surface area (TPSA) is 104 Å². The first kappa shape index (κ1) is 26.3. The van der Waals surface area contributed by atoms with Crippen LogP contribution < -0.4 is 9.47 Å². The fourth-order valence-corrected chi connectivity index (χ4v) is 4.54. The molecule has 1 amide bonds. The van der Waals surface area contributed by atoms with Crippen molar-refractivity contribution in [1.82, 2.24) is 4.90 Å². The average Bonchev–Trinajstić information content (AvgIpc) is 3.10. The molecule has 1 aliphatic rings. The molecule has 2 aromatic carbocycles. The number of amidine groups is 1. The summed E-state index contributed by atoms with van der Waals surface area (Å²) in [6.45, 7) is 1.74. The van der Waals surface area contributed by atoms with Crippen LogP contribution in [0.5, 0.6) is 11.5 Å². The molecule has 0 radical (unpaired) electrons. The summed E-state index contributed by atoms with van der Waals surface area (Å²) in [4.78, 5) is 42.7. The molecule has 0 bridgehead atoms. The molecule has 11 heteroatoms. The number of nitrogens with zero attached hydrogens (tertiary/aromatic N) is 2. The maximum atomic E-state index is 12.9. The largest absolute Gasteiger partial charge is 0.493 e. The number of rotatable bonds is 8. The molecule has 0 saturated carbocycles. The Balaban J connectivity index is 1.86. The van der Waals surface area contributed by atoms with Gasteiger partial charge in [-0.15, -0.1) is 0 Å². The van der Waals surface area contributed by atoms with Crippen LogP contribution >= 0.6 is 27.7 Å². The van der Waals surface area contributed by atoms with E-state index in [0.29, 0.717) is 42.9 Å². The predicted molar refractivity (Wildman–Crippen MR) is 136 cm³/mol. The molecule has 0 atom stereocenters. The molecule has 9 nitrogen and oxygen atoms in total. The number of hydrogen-bond acceptors (Lipinski definition) is 9. The third kappa shape index (κ3) is 6.43. The SMILES string of the molecule is CCOC(=O)c1cccc(N=C2SC(=Cc3cc(Br)c(OCC(=O)OC)c(OC)c3)C(=O)N2C)c1. The molecule has 1 saturated heterocycles. The molecular formula is C24H23BrN2O7S. The zero-order chi connectivity index (χ0) is 25.5. The Morgan fingerprint density at radius 1 is 1.20 bits per heavy atom. The van der Waals surface area contributed by atoms with Crippen LogP contribution in [-0.4, -0.2) is 62.4 Å². The summed E-state index contributed by atoms with van der Waals surface area (Å²) < 4.78 is 21.1. The summed E-state index contributed by atoms with van der Waals surface area (Å²) in [5.41, 5.74) is 1.58. The number of methoxy groups -OCH3 is 2. The van der Waals surface area contributed by atoms with Crippen molar-refractivity contribution >= 4 is 62.5 Å². The first-order valence-electron chi connectivity index (χ1n) is 10.4. The second-order valence-corrected chi connectivity index (χ2v) is 8.90. The molecule has 0 aliphatic carbocycles. The molecule has 1 heterocycles. The summed E-state index contributed by atoms with van der Waals surface area (Å²) in [7, 11) is 4.38. The van der Waals surface area contributed by atoms with Crippen molar-refractivity contribution in [2.24, 2.45) is 4.99 Å². The van der Waals surface area contributed by atoms with E-state index >= 15 is 0 Å². The number of aliphatic imine (C=N–C) groups is 1. The number of carbonyl (C=O) groups is 3. The van der Waals surface area contributed by atoms with E-state index in [0.717, 1.165) is 0 Å². The minimum absolute atomic E-state index is 0.226. The summed E-state index contributed by atoms with van der Waals surface area (Å²) in [5, 5.41) is 0.464. The lowest BCUT2D eigenvalue weighted by molar-refractivity contribution is -0.143. The molecular weight excluding hydrogens is 540 g/mol. The van der Waals surface area contributed by atoms with Gasteiger partial charge in [0.05, 0.1) is 41.5 Å². The Kier molecular flexibility index (Phi) is 8.94. The van der Waals surface area contributed by atoms with Crippen molar-refractivity contribution in [3.05, 3.63) is 56.9 Å². The number of esters is 2. The molecule has 2 aromatic rings. The van der Waals surface area contributed by atoms with E-state index in [-0.39, 0.29) is 19.1 Å². The van der Waals surface area contributed by atoms with E-state index in [9.17, 15) is 14.4 Å². The fourth-order valence-electron chi connectivity index (χ4n) is 2.98. The van der Waals surface area contributed by atoms with Gasteiger partial charge in [0.15, 0.2) is 23.3 Å². The van der Waals surface area contributed by atoms with Crippen molar-refractivity contribution in [2.45, 2.75) is 6.92 Å². The second kappa shape index (κ2) is 11.9. The average molecular weight is 563 g/mol. The van der Waals surface area contributed by atoms with Crippen LogP contribution in [0.25, 0.3) is 6.08 Å². The van der Waals surface area contributed by atoms with E-state index in [1.807, 2.05) is 0 Å². The highest BCUT2D eigenvalue weighted by atomic mass is 79.9. The molecule has 0 unspecified atom stereocenters. The number of ether oxygens (including phenoxy) is 4. The van der Waals surface area contributed by atoms with Crippen LogP contribution in [0.3, 0.4) is 0 Å². The lowest BCUT2D eigenvalue weighted by atomic mass is 10.2. The van der Waals surface area contributed by atoms with Crippen molar-refractivity contribution < 1.29 is 33.3 Å². The zero-order valence-corrected chi connectivity index (χ0v) is 21.9. The van der Waals surface area contributed by atoms with Crippen molar-refractivity contribution in [3.63, 3.8) is 0 Å². The standard InChI is InChI=1S/C24H23BrN2O7S/c1-5-33-23(30)15-7-6-8-16(12-15)26-24-27(2)22(29)19(35-24)11-14-9-17(25)21(18(10-14)31-3)34-13-20(28)32-4/h6-12H,5,13H2,1-4H3. The second-order valence-electron chi connectivity index (χ2n) is 7.04. The number of carbonyl (C=O) groups excluding carboxylic acids is 3. The lowest BCUT2D eigenvalue weighted by Crippen LogP contribution is -2.23. The first-order chi connectivity index (χ1) is 16.8. The minimum atomic E-state index is -0.527. The molecule has 184 valence electrons. The highest BCUT2D eigenvalue weighted by Gasteiger charge is 2.30. The van der Waals surface area contributed by atoms with Crippen LogP contribution in [0.15, 0.2) is 50.8 Å². The first-order valence-corrected chi connectivity index (χ1v) is 12.0. The Morgan fingerprint density at radius 3 is 2.66 bits per heavy atom. The summed E-state index contributed by atoms with van der Waals surface area (Å²) in [6, 6.07) is 10.1. The van der Waals surface area contributed by atoms with Crippen molar-refractivity contribution in [1.29, 1.82) is 0 Å². The highest BCUT2D eigenvalue weighted by molar-refractivity contribution is 9.10. The van der Waals surface area contributed by atoms with Crippen molar-refractivity contribution in [2.75, 3.05) is 34.5 Å². The van der Waals surface area contributed by atoms with E-state index < -0.39 is 11.9 Å². The van der Waals surface area contributed by atoms with Crippen molar-refractivity contribution in [3.8, 4) is 11.5 Å². The molecule has 0 N–H and O–H groups in total. The highest BCUT2D eigenvalue weighted by Crippen LogP contribution is 2.39. The van der Waals surface area contributed by atoms with Crippen LogP contribution in [0.2, 0.25) is 0 Å². The van der Waals surface area contributed by atoms with Gasteiger partial charge in [0.2, 0.25) is 0 Å². The molecule has 3 rings (SSSR count). The van der Waals surface area contributed by atoms with Crippen LogP contribution in [0.1, 0.15) is 22.8 Å². The Bertz CT molecular complexity index is 1210. The van der Waals surface area contributed by atoms with Crippen LogP contribution in [0.4, 0.5) is 5.69 Å². The number of benzene rings is 2. The van der Waals surface area contributed by atoms with Gasteiger partial charge in [-0.25, -0.2) is 14.6 Å². The normalized spacial score (nSPS) is 15.5. The quantitative estimate of drug-likeness (QED) is 0.344. The number of amides is 1. The Labute approximate surface area is 215 Å². The van der Waals surface area contributed by atoms with Gasteiger partial charge in [0, 0.05) is 7.05 Å². The van der Waals surface area contributed by atoms with E-state index in [1.165, 1.54) is 30.9 Å². The molecule has 0 aromatic heterocycles. The number of halogens is 1. The number of thioether (sulfide) groups is 1. The molecule has 1 aliphatic heterocycles. The Hall–Kier alpha value is -3.31. The fraction of sp³-hybridized carbons (Fsp3) is 0.250. The zero-order valence-electron chi connectivity index (χ0n) is 19.5. The molecule has 35 heavy (non-hydrogen) atoms. The van der Waals surface area contributed by atoms with Gasteiger partial charge in [-0.05, 0) is 76.6 Å². The third-order valence-corrected chi connectivity index (χ3v) is 6.35. The van der Waals surface area contributed by atoms with Gasteiger partial charge in [-0.2, -0.15) is 0 Å². The van der Waals surface area contributed by atoms with Gasteiger partial charge in [0.1, 0.15) is 0 Å². The third-order valence-electron chi connectivity index (χ3n) is 4.70. The Morgan fingerprint density at radius 2 is 1.97 bits per heavy atom. The smallest absolute Gasteiger partial charge is 0.343 e. The van der Waals surface area contributed by atoms with E-state index in [4.69, 9.17) is 14.2 Å². The van der Waals surface area contributed by atoms with Gasteiger partial charge >= 0.3 is 11.9 Å². The van der Waals surface area contributed by atoms with Crippen LogP contribution in [0, 0.1) is 0 Å². The summed E-state index contributed by atoms with van der Waals surface area (Å²) in [6.07, 6.45) is 1.71. The lowest BCUT2D eigenvalue weighted by Gasteiger charge is -2.13. The summed E-state index contributed by atoms with van der Waals surface area (Å²) >= 11 is 4.63. The number of hydrogen-bond donors (Lipinski definition) is 0. The number of likely N-dealkylation sites (N-methyl/N-ethyl adjacent to an activating group) is 1. The molecule has 1 fully saturated rings. The predicted octanol–water partition coefficient (Wildman–Crippen LogP) is 4.42. The maximum Gasteiger partial charge on any atom is 0.343 e. The maximum absolute atomic E-state index is 12.9. The van der Waals surface area contributed by atoms with E-state index in [1.54, 1.807) is 56.4 Å². The van der Waals surface area contributed by atoms with Gasteiger partial charge in [0.25, 0.3) is 5.91 Å². The van der Waals surface area contributed by atoms with Gasteiger partial charge < -0.3 is 18.9 Å².